The quantitative estimate of drug-likeness (QED) is 0.310. The van der Waals surface area contributed by atoms with E-state index in [1.165, 1.54) is 11.8 Å². The predicted molar refractivity (Wildman–Crippen MR) is 103 cm³/mol. The minimum atomic E-state index is -0.250. The van der Waals surface area contributed by atoms with E-state index in [1.54, 1.807) is 16.3 Å². The molecule has 0 saturated carbocycles. The zero-order valence-electron chi connectivity index (χ0n) is 13.5. The first-order valence-corrected chi connectivity index (χ1v) is 9.94. The molecule has 9 heteroatoms. The van der Waals surface area contributed by atoms with E-state index in [0.717, 1.165) is 22.8 Å². The molecule has 4 N–H and O–H groups in total. The summed E-state index contributed by atoms with van der Waals surface area (Å²) in [6, 6.07) is 9.73. The average molecular weight is 377 g/mol. The number of thioether (sulfide) groups is 2. The number of aromatic amines is 1. The average Bonchev–Trinajstić information content (AvgIpc) is 2.92. The van der Waals surface area contributed by atoms with Gasteiger partial charge in [0.1, 0.15) is 5.52 Å². The van der Waals surface area contributed by atoms with Crippen LogP contribution in [0.25, 0.3) is 11.2 Å². The Morgan fingerprint density at radius 2 is 1.96 bits per heavy atom. The summed E-state index contributed by atoms with van der Waals surface area (Å²) >= 11 is 3.16. The molecule has 0 radical (unpaired) electrons. The standard InChI is InChI=1S/C16H19N5O2S2/c17-13-12-14(20-15(19-13)25-9-8-24-7-6-22)21(16(23)18-12)10-11-4-2-1-3-5-11/h1-5,22H,6-10H2,(H,18,23)(H2,17,19,20). The lowest BCUT2D eigenvalue weighted by atomic mass is 10.2. The third-order valence-electron chi connectivity index (χ3n) is 3.51. The van der Waals surface area contributed by atoms with Crippen LogP contribution in [0.15, 0.2) is 40.3 Å². The van der Waals surface area contributed by atoms with Gasteiger partial charge in [-0.3, -0.25) is 4.57 Å². The molecular formula is C16H19N5O2S2. The van der Waals surface area contributed by atoms with E-state index in [-0.39, 0.29) is 18.1 Å². The van der Waals surface area contributed by atoms with Crippen molar-refractivity contribution in [2.75, 3.05) is 29.6 Å². The molecule has 0 aliphatic heterocycles. The fourth-order valence-corrected chi connectivity index (χ4v) is 4.00. The summed E-state index contributed by atoms with van der Waals surface area (Å²) in [5.74, 6) is 2.69. The Labute approximate surface area is 153 Å². The third kappa shape index (κ3) is 4.36. The number of anilines is 1. The second kappa shape index (κ2) is 8.41. The maximum atomic E-state index is 12.3. The van der Waals surface area contributed by atoms with Gasteiger partial charge in [0.25, 0.3) is 0 Å². The normalized spacial score (nSPS) is 11.2. The number of nitrogens with two attached hydrogens (primary N) is 1. The van der Waals surface area contributed by atoms with Gasteiger partial charge in [-0.15, -0.1) is 0 Å². The van der Waals surface area contributed by atoms with Crippen LogP contribution in [-0.2, 0) is 6.54 Å². The van der Waals surface area contributed by atoms with E-state index in [9.17, 15) is 4.79 Å². The highest BCUT2D eigenvalue weighted by molar-refractivity contribution is 8.02. The number of hydrogen-bond acceptors (Lipinski definition) is 7. The predicted octanol–water partition coefficient (Wildman–Crippen LogP) is 1.57. The minimum absolute atomic E-state index is 0.180. The molecule has 132 valence electrons. The minimum Gasteiger partial charge on any atom is -0.396 e. The van der Waals surface area contributed by atoms with Crippen LogP contribution in [0.3, 0.4) is 0 Å². The first-order chi connectivity index (χ1) is 12.2. The molecule has 25 heavy (non-hydrogen) atoms. The second-order valence-corrected chi connectivity index (χ2v) is 7.56. The summed E-state index contributed by atoms with van der Waals surface area (Å²) in [6.45, 7) is 0.604. The van der Waals surface area contributed by atoms with E-state index in [0.29, 0.717) is 22.9 Å². The number of imidazole rings is 1. The molecule has 0 spiro atoms. The number of nitrogens with one attached hydrogen (secondary N) is 1. The summed E-state index contributed by atoms with van der Waals surface area (Å²) < 4.78 is 1.58. The van der Waals surface area contributed by atoms with Crippen molar-refractivity contribution < 1.29 is 5.11 Å². The van der Waals surface area contributed by atoms with Crippen LogP contribution in [-0.4, -0.2) is 48.5 Å². The van der Waals surface area contributed by atoms with Crippen molar-refractivity contribution in [3.63, 3.8) is 0 Å². The number of aliphatic hydroxyl groups excluding tert-OH is 1. The first kappa shape index (κ1) is 17.8. The van der Waals surface area contributed by atoms with Crippen LogP contribution in [0.2, 0.25) is 0 Å². The highest BCUT2D eigenvalue weighted by atomic mass is 32.2. The molecule has 0 unspecified atom stereocenters. The maximum Gasteiger partial charge on any atom is 0.328 e. The van der Waals surface area contributed by atoms with Crippen molar-refractivity contribution in [1.82, 2.24) is 19.5 Å². The summed E-state index contributed by atoms with van der Waals surface area (Å²) in [6.07, 6.45) is 0. The van der Waals surface area contributed by atoms with Crippen molar-refractivity contribution in [2.45, 2.75) is 11.7 Å². The summed E-state index contributed by atoms with van der Waals surface area (Å²) in [7, 11) is 0. The van der Waals surface area contributed by atoms with Gasteiger partial charge in [0.15, 0.2) is 16.6 Å². The van der Waals surface area contributed by atoms with Gasteiger partial charge in [-0.1, -0.05) is 42.1 Å². The maximum absolute atomic E-state index is 12.3. The monoisotopic (exact) mass is 377 g/mol. The molecule has 3 aromatic rings. The number of H-pyrrole nitrogens is 1. The molecule has 3 rings (SSSR count). The van der Waals surface area contributed by atoms with Crippen molar-refractivity contribution >= 4 is 40.5 Å². The molecule has 0 fully saturated rings. The lowest BCUT2D eigenvalue weighted by Gasteiger charge is -2.05. The first-order valence-electron chi connectivity index (χ1n) is 7.80. The highest BCUT2D eigenvalue weighted by Gasteiger charge is 2.14. The van der Waals surface area contributed by atoms with Crippen LogP contribution in [0.1, 0.15) is 5.56 Å². The third-order valence-corrected chi connectivity index (χ3v) is 5.58. The number of nitrogens with zero attached hydrogens (tertiary/aromatic N) is 3. The highest BCUT2D eigenvalue weighted by Crippen LogP contribution is 2.21. The van der Waals surface area contributed by atoms with Crippen molar-refractivity contribution in [3.05, 3.63) is 46.4 Å². The van der Waals surface area contributed by atoms with Crippen LogP contribution >= 0.6 is 23.5 Å². The lowest BCUT2D eigenvalue weighted by Crippen LogP contribution is -2.17. The van der Waals surface area contributed by atoms with Gasteiger partial charge in [-0.05, 0) is 5.56 Å². The van der Waals surface area contributed by atoms with Gasteiger partial charge < -0.3 is 15.8 Å². The Morgan fingerprint density at radius 1 is 1.16 bits per heavy atom. The van der Waals surface area contributed by atoms with Gasteiger partial charge >= 0.3 is 5.69 Å². The molecule has 2 heterocycles. The number of benzene rings is 1. The van der Waals surface area contributed by atoms with E-state index in [1.807, 2.05) is 30.3 Å². The van der Waals surface area contributed by atoms with Crippen LogP contribution in [0.4, 0.5) is 5.82 Å². The molecule has 0 amide bonds. The molecule has 0 aliphatic carbocycles. The van der Waals surface area contributed by atoms with Crippen molar-refractivity contribution in [3.8, 4) is 0 Å². The molecule has 0 atom stereocenters. The molecule has 7 nitrogen and oxygen atoms in total. The van der Waals surface area contributed by atoms with Crippen LogP contribution in [0.5, 0.6) is 0 Å². The van der Waals surface area contributed by atoms with E-state index in [2.05, 4.69) is 15.0 Å². The van der Waals surface area contributed by atoms with E-state index in [4.69, 9.17) is 10.8 Å². The Kier molecular flexibility index (Phi) is 6.00. The molecular weight excluding hydrogens is 358 g/mol. The molecule has 0 bridgehead atoms. The molecule has 0 aliphatic rings. The smallest absolute Gasteiger partial charge is 0.328 e. The van der Waals surface area contributed by atoms with Crippen molar-refractivity contribution in [2.24, 2.45) is 0 Å². The Bertz CT molecular complexity index is 895. The number of rotatable bonds is 8. The SMILES string of the molecule is Nc1nc(SCCSCCO)nc2c1[nH]c(=O)n2Cc1ccccc1. The van der Waals surface area contributed by atoms with E-state index >= 15 is 0 Å². The largest absolute Gasteiger partial charge is 0.396 e. The molecule has 0 saturated heterocycles. The summed E-state index contributed by atoms with van der Waals surface area (Å²) in [4.78, 5) is 23.8. The number of nitrogen functional groups attached to an aromatic ring is 1. The van der Waals surface area contributed by atoms with Gasteiger partial charge in [0, 0.05) is 17.3 Å². The fraction of sp³-hybridized carbons (Fsp3) is 0.312. The zero-order chi connectivity index (χ0) is 17.6. The zero-order valence-corrected chi connectivity index (χ0v) is 15.1. The van der Waals surface area contributed by atoms with E-state index < -0.39 is 0 Å². The van der Waals surface area contributed by atoms with Crippen molar-refractivity contribution in [1.29, 1.82) is 0 Å². The number of fused-ring (bicyclic) bond motifs is 1. The second-order valence-electron chi connectivity index (χ2n) is 5.28. The van der Waals surface area contributed by atoms with Gasteiger partial charge in [-0.2, -0.15) is 11.8 Å². The summed E-state index contributed by atoms with van der Waals surface area (Å²) in [5, 5.41) is 9.34. The summed E-state index contributed by atoms with van der Waals surface area (Å²) in [5.41, 5.74) is 7.75. The number of aromatic nitrogens is 4. The van der Waals surface area contributed by atoms with Gasteiger partial charge in [-0.25, -0.2) is 14.8 Å². The van der Waals surface area contributed by atoms with Gasteiger partial charge in [0.2, 0.25) is 0 Å². The Balaban J connectivity index is 1.85. The Morgan fingerprint density at radius 3 is 2.72 bits per heavy atom. The van der Waals surface area contributed by atoms with Gasteiger partial charge in [0.05, 0.1) is 13.2 Å². The molecule has 2 aromatic heterocycles. The lowest BCUT2D eigenvalue weighted by molar-refractivity contribution is 0.322. The molecule has 1 aromatic carbocycles. The number of hydrogen-bond donors (Lipinski definition) is 3. The van der Waals surface area contributed by atoms with Crippen LogP contribution in [0, 0.1) is 0 Å². The number of aliphatic hydroxyl groups is 1. The topological polar surface area (TPSA) is 110 Å². The Hall–Kier alpha value is -1.97. The fourth-order valence-electron chi connectivity index (χ4n) is 2.37. The van der Waals surface area contributed by atoms with Crippen LogP contribution < -0.4 is 11.4 Å².